The van der Waals surface area contributed by atoms with Crippen LogP contribution in [-0.4, -0.2) is 0 Å². The van der Waals surface area contributed by atoms with E-state index in [9.17, 15) is 0 Å². The van der Waals surface area contributed by atoms with Crippen molar-refractivity contribution in [3.63, 3.8) is 0 Å². The average molecular weight is 327 g/mol. The van der Waals surface area contributed by atoms with Gasteiger partial charge in [0.05, 0.1) is 0 Å². The van der Waals surface area contributed by atoms with Crippen LogP contribution in [-0.2, 0) is 6.42 Å². The minimum Gasteiger partial charge on any atom is -0.0654 e. The fraction of sp³-hybridized carbons (Fsp3) is 0.750. The topological polar surface area (TPSA) is 0 Å². The lowest BCUT2D eigenvalue weighted by Crippen LogP contribution is -2.30. The lowest BCUT2D eigenvalue weighted by Gasteiger charge is -2.42. The SMILES string of the molecule is CCCCCc1ccc([C@@H]2CC[C@H]3C[C@@H](CCC)CC[C@@H]3C2)cc1. The first kappa shape index (κ1) is 18.0. The molecule has 1 aromatic rings. The van der Waals surface area contributed by atoms with Crippen molar-refractivity contribution in [3.05, 3.63) is 35.4 Å². The van der Waals surface area contributed by atoms with E-state index in [0.29, 0.717) is 0 Å². The van der Waals surface area contributed by atoms with E-state index in [2.05, 4.69) is 38.1 Å². The monoisotopic (exact) mass is 326 g/mol. The van der Waals surface area contributed by atoms with Gasteiger partial charge in [-0.25, -0.2) is 0 Å². The molecule has 0 heteroatoms. The summed E-state index contributed by atoms with van der Waals surface area (Å²) in [6.07, 6.45) is 17.1. The molecule has 0 spiro atoms. The molecule has 0 saturated heterocycles. The quantitative estimate of drug-likeness (QED) is 0.454. The predicted molar refractivity (Wildman–Crippen MR) is 105 cm³/mol. The van der Waals surface area contributed by atoms with Gasteiger partial charge in [-0.3, -0.25) is 0 Å². The number of hydrogen-bond donors (Lipinski definition) is 0. The summed E-state index contributed by atoms with van der Waals surface area (Å²) in [5, 5.41) is 0. The van der Waals surface area contributed by atoms with E-state index in [0.717, 1.165) is 23.7 Å². The van der Waals surface area contributed by atoms with Crippen LogP contribution < -0.4 is 0 Å². The van der Waals surface area contributed by atoms with Gasteiger partial charge in [0.2, 0.25) is 0 Å². The first-order valence-corrected chi connectivity index (χ1v) is 10.9. The third-order valence-corrected chi connectivity index (χ3v) is 6.94. The standard InChI is InChI=1S/C24H38/c1-3-5-6-8-19-9-12-21(13-10-19)23-16-15-22-17-20(7-4-2)11-14-24(22)18-23/h9-10,12-13,20,22-24H,3-8,11,14-18H2,1-2H3/t20-,22-,23+,24+/m0/s1. The fourth-order valence-electron chi connectivity index (χ4n) is 5.50. The highest BCUT2D eigenvalue weighted by Crippen LogP contribution is 2.48. The van der Waals surface area contributed by atoms with E-state index in [1.165, 1.54) is 70.6 Å². The van der Waals surface area contributed by atoms with Crippen molar-refractivity contribution in [2.24, 2.45) is 17.8 Å². The smallest absolute Gasteiger partial charge is 0.0159 e. The molecule has 0 heterocycles. The molecule has 0 unspecified atom stereocenters. The molecule has 0 bridgehead atoms. The molecule has 4 atom stereocenters. The van der Waals surface area contributed by atoms with Gasteiger partial charge in [-0.05, 0) is 79.7 Å². The number of benzene rings is 1. The Balaban J connectivity index is 1.52. The third kappa shape index (κ3) is 4.64. The van der Waals surface area contributed by atoms with E-state index in [1.807, 2.05) is 0 Å². The first-order chi connectivity index (χ1) is 11.8. The molecule has 0 aromatic heterocycles. The molecule has 0 radical (unpaired) electrons. The summed E-state index contributed by atoms with van der Waals surface area (Å²) < 4.78 is 0. The van der Waals surface area contributed by atoms with Gasteiger partial charge in [-0.2, -0.15) is 0 Å². The van der Waals surface area contributed by atoms with Crippen LogP contribution in [0.4, 0.5) is 0 Å². The number of unbranched alkanes of at least 4 members (excludes halogenated alkanes) is 2. The zero-order valence-electron chi connectivity index (χ0n) is 16.1. The number of rotatable bonds is 7. The van der Waals surface area contributed by atoms with Gasteiger partial charge in [0.1, 0.15) is 0 Å². The Labute approximate surface area is 150 Å². The Kier molecular flexibility index (Phi) is 6.81. The largest absolute Gasteiger partial charge is 0.0654 e. The molecule has 134 valence electrons. The van der Waals surface area contributed by atoms with E-state index in [4.69, 9.17) is 0 Å². The second-order valence-electron chi connectivity index (χ2n) is 8.70. The van der Waals surface area contributed by atoms with E-state index < -0.39 is 0 Å². The normalized spacial score (nSPS) is 30.1. The summed E-state index contributed by atoms with van der Waals surface area (Å²) in [7, 11) is 0. The van der Waals surface area contributed by atoms with Crippen LogP contribution in [0.15, 0.2) is 24.3 Å². The number of aryl methyl sites for hydroxylation is 1. The van der Waals surface area contributed by atoms with Gasteiger partial charge in [0.15, 0.2) is 0 Å². The Bertz CT molecular complexity index is 471. The zero-order chi connectivity index (χ0) is 16.8. The summed E-state index contributed by atoms with van der Waals surface area (Å²) in [6.45, 7) is 4.64. The minimum absolute atomic E-state index is 0.846. The van der Waals surface area contributed by atoms with Crippen molar-refractivity contribution in [3.8, 4) is 0 Å². The number of hydrogen-bond acceptors (Lipinski definition) is 0. The van der Waals surface area contributed by atoms with Crippen LogP contribution in [0.5, 0.6) is 0 Å². The molecule has 2 aliphatic carbocycles. The maximum Gasteiger partial charge on any atom is -0.0159 e. The van der Waals surface area contributed by atoms with Crippen molar-refractivity contribution in [2.45, 2.75) is 96.8 Å². The second kappa shape index (κ2) is 9.07. The second-order valence-corrected chi connectivity index (χ2v) is 8.70. The van der Waals surface area contributed by atoms with Gasteiger partial charge in [-0.1, -0.05) is 70.2 Å². The van der Waals surface area contributed by atoms with Crippen molar-refractivity contribution in [1.82, 2.24) is 0 Å². The minimum atomic E-state index is 0.846. The maximum absolute atomic E-state index is 2.45. The molecule has 24 heavy (non-hydrogen) atoms. The van der Waals surface area contributed by atoms with Gasteiger partial charge in [-0.15, -0.1) is 0 Å². The van der Waals surface area contributed by atoms with Gasteiger partial charge >= 0.3 is 0 Å². The average Bonchev–Trinajstić information content (AvgIpc) is 2.62. The van der Waals surface area contributed by atoms with E-state index in [-0.39, 0.29) is 0 Å². The first-order valence-electron chi connectivity index (χ1n) is 10.9. The molecule has 0 N–H and O–H groups in total. The highest BCUT2D eigenvalue weighted by Gasteiger charge is 2.35. The molecule has 0 amide bonds. The summed E-state index contributed by atoms with van der Waals surface area (Å²) >= 11 is 0. The zero-order valence-corrected chi connectivity index (χ0v) is 16.1. The molecular formula is C24H38. The molecule has 0 aliphatic heterocycles. The van der Waals surface area contributed by atoms with Crippen LogP contribution in [0, 0.1) is 17.8 Å². The lowest BCUT2D eigenvalue weighted by molar-refractivity contribution is 0.114. The van der Waals surface area contributed by atoms with Crippen LogP contribution in [0.2, 0.25) is 0 Å². The van der Waals surface area contributed by atoms with Crippen LogP contribution in [0.3, 0.4) is 0 Å². The van der Waals surface area contributed by atoms with Crippen LogP contribution in [0.1, 0.15) is 102 Å². The number of fused-ring (bicyclic) bond motifs is 1. The molecule has 2 fully saturated rings. The summed E-state index contributed by atoms with van der Waals surface area (Å²) in [4.78, 5) is 0. The summed E-state index contributed by atoms with van der Waals surface area (Å²) in [5.41, 5.74) is 3.17. The molecular weight excluding hydrogens is 288 g/mol. The summed E-state index contributed by atoms with van der Waals surface area (Å²) in [6, 6.07) is 9.73. The third-order valence-electron chi connectivity index (χ3n) is 6.94. The summed E-state index contributed by atoms with van der Waals surface area (Å²) in [5.74, 6) is 3.98. The Morgan fingerprint density at radius 3 is 2.29 bits per heavy atom. The van der Waals surface area contributed by atoms with Crippen LogP contribution in [0.25, 0.3) is 0 Å². The Morgan fingerprint density at radius 1 is 0.792 bits per heavy atom. The maximum atomic E-state index is 2.45. The van der Waals surface area contributed by atoms with Crippen LogP contribution >= 0.6 is 0 Å². The van der Waals surface area contributed by atoms with E-state index in [1.54, 1.807) is 17.5 Å². The van der Waals surface area contributed by atoms with E-state index >= 15 is 0 Å². The van der Waals surface area contributed by atoms with Crippen molar-refractivity contribution >= 4 is 0 Å². The van der Waals surface area contributed by atoms with Gasteiger partial charge < -0.3 is 0 Å². The van der Waals surface area contributed by atoms with Crippen molar-refractivity contribution < 1.29 is 0 Å². The predicted octanol–water partition coefficient (Wildman–Crippen LogP) is 7.52. The molecule has 0 nitrogen and oxygen atoms in total. The highest BCUT2D eigenvalue weighted by molar-refractivity contribution is 5.26. The Morgan fingerprint density at radius 2 is 1.54 bits per heavy atom. The van der Waals surface area contributed by atoms with Crippen molar-refractivity contribution in [1.29, 1.82) is 0 Å². The fourth-order valence-corrected chi connectivity index (χ4v) is 5.50. The Hall–Kier alpha value is -0.780. The van der Waals surface area contributed by atoms with Gasteiger partial charge in [0.25, 0.3) is 0 Å². The molecule has 3 rings (SSSR count). The molecule has 2 saturated carbocycles. The van der Waals surface area contributed by atoms with Gasteiger partial charge in [0, 0.05) is 0 Å². The lowest BCUT2D eigenvalue weighted by atomic mass is 9.63. The van der Waals surface area contributed by atoms with Crippen molar-refractivity contribution in [2.75, 3.05) is 0 Å². The molecule has 2 aliphatic rings. The highest BCUT2D eigenvalue weighted by atomic mass is 14.4. The molecule has 1 aromatic carbocycles.